The number of imide groups is 1. The zero-order valence-corrected chi connectivity index (χ0v) is 10.0. The fraction of sp³-hybridized carbons (Fsp3) is 0.111. The molecular weight excluding hydrogens is 324 g/mol. The number of benzene rings is 1. The van der Waals surface area contributed by atoms with Crippen LogP contribution in [0.3, 0.4) is 0 Å². The summed E-state index contributed by atoms with van der Waals surface area (Å²) >= 11 is 2.72. The monoisotopic (exact) mass is 328 g/mol. The van der Waals surface area contributed by atoms with Crippen LogP contribution in [-0.4, -0.2) is 11.9 Å². The van der Waals surface area contributed by atoms with E-state index in [-0.39, 0.29) is 10.5 Å². The molecule has 3 N–H and O–H groups in total. The van der Waals surface area contributed by atoms with Crippen LogP contribution in [-0.2, 0) is 6.18 Å². The number of carbonyl (C=O) groups is 2. The molecule has 0 unspecified atom stereocenters. The van der Waals surface area contributed by atoms with Crippen LogP contribution >= 0.6 is 15.9 Å². The van der Waals surface area contributed by atoms with E-state index in [0.717, 1.165) is 0 Å². The van der Waals surface area contributed by atoms with Crippen LogP contribution < -0.4 is 11.1 Å². The summed E-state index contributed by atoms with van der Waals surface area (Å²) in [5.41, 5.74) is 2.49. The number of hydrogen-bond acceptors (Lipinski definition) is 2. The Morgan fingerprint density at radius 2 is 1.83 bits per heavy atom. The van der Waals surface area contributed by atoms with Gasteiger partial charge in [0.2, 0.25) is 0 Å². The molecule has 0 saturated heterocycles. The average molecular weight is 329 g/mol. The molecule has 3 amide bonds. The standard InChI is InChI=1S/C9H5BrF4N2O2/c10-5-2-6(11)4(9(12,13)14)1-3(5)7(17)16-8(15)18/h1-2H,(H3,15,16,17,18). The van der Waals surface area contributed by atoms with Gasteiger partial charge in [-0.3, -0.25) is 10.1 Å². The predicted molar refractivity (Wildman–Crippen MR) is 56.2 cm³/mol. The molecule has 0 aliphatic rings. The molecule has 0 atom stereocenters. The Morgan fingerprint density at radius 3 is 2.28 bits per heavy atom. The molecule has 1 rings (SSSR count). The highest BCUT2D eigenvalue weighted by Gasteiger charge is 2.35. The fourth-order valence-corrected chi connectivity index (χ4v) is 1.61. The van der Waals surface area contributed by atoms with Crippen LogP contribution in [0.5, 0.6) is 0 Å². The van der Waals surface area contributed by atoms with Gasteiger partial charge in [0, 0.05) is 4.47 Å². The van der Waals surface area contributed by atoms with E-state index < -0.39 is 35.1 Å². The summed E-state index contributed by atoms with van der Waals surface area (Å²) in [6, 6.07) is -0.457. The van der Waals surface area contributed by atoms with Crippen LogP contribution in [0.2, 0.25) is 0 Å². The first-order valence-corrected chi connectivity index (χ1v) is 5.09. The van der Waals surface area contributed by atoms with Gasteiger partial charge in [0.25, 0.3) is 5.91 Å². The number of primary amides is 1. The Morgan fingerprint density at radius 1 is 1.28 bits per heavy atom. The lowest BCUT2D eigenvalue weighted by atomic mass is 10.1. The topological polar surface area (TPSA) is 72.2 Å². The molecule has 0 bridgehead atoms. The van der Waals surface area contributed by atoms with E-state index in [0.29, 0.717) is 6.07 Å². The lowest BCUT2D eigenvalue weighted by Gasteiger charge is -2.11. The van der Waals surface area contributed by atoms with Crippen molar-refractivity contribution in [3.63, 3.8) is 0 Å². The summed E-state index contributed by atoms with van der Waals surface area (Å²) < 4.78 is 50.1. The highest BCUT2D eigenvalue weighted by atomic mass is 79.9. The van der Waals surface area contributed by atoms with E-state index in [2.05, 4.69) is 21.7 Å². The fourth-order valence-electron chi connectivity index (χ4n) is 1.12. The Hall–Kier alpha value is -1.64. The minimum Gasteiger partial charge on any atom is -0.351 e. The largest absolute Gasteiger partial charge is 0.419 e. The maximum Gasteiger partial charge on any atom is 0.419 e. The molecule has 9 heteroatoms. The molecule has 18 heavy (non-hydrogen) atoms. The molecule has 0 aromatic heterocycles. The maximum atomic E-state index is 13.1. The van der Waals surface area contributed by atoms with Gasteiger partial charge in [-0.15, -0.1) is 0 Å². The third kappa shape index (κ3) is 3.19. The number of nitrogens with one attached hydrogen (secondary N) is 1. The average Bonchev–Trinajstić information content (AvgIpc) is 2.13. The van der Waals surface area contributed by atoms with E-state index in [1.165, 1.54) is 0 Å². The van der Waals surface area contributed by atoms with E-state index in [9.17, 15) is 27.2 Å². The Kier molecular flexibility index (Phi) is 3.95. The number of urea groups is 1. The second-order valence-electron chi connectivity index (χ2n) is 3.13. The van der Waals surface area contributed by atoms with Gasteiger partial charge in [0.1, 0.15) is 5.82 Å². The zero-order valence-electron chi connectivity index (χ0n) is 8.44. The van der Waals surface area contributed by atoms with Crippen LogP contribution in [0, 0.1) is 5.82 Å². The number of carbonyl (C=O) groups excluding carboxylic acids is 2. The Balaban J connectivity index is 3.29. The second kappa shape index (κ2) is 4.92. The summed E-state index contributed by atoms with van der Waals surface area (Å²) in [7, 11) is 0. The summed E-state index contributed by atoms with van der Waals surface area (Å²) in [5.74, 6) is -2.70. The van der Waals surface area contributed by atoms with Gasteiger partial charge in [-0.2, -0.15) is 13.2 Å². The number of nitrogens with two attached hydrogens (primary N) is 1. The van der Waals surface area contributed by atoms with Crippen molar-refractivity contribution in [2.45, 2.75) is 6.18 Å². The Labute approximate surface area is 106 Å². The van der Waals surface area contributed by atoms with E-state index in [1.807, 2.05) is 0 Å². The smallest absolute Gasteiger partial charge is 0.351 e. The molecule has 0 fully saturated rings. The van der Waals surface area contributed by atoms with Gasteiger partial charge >= 0.3 is 12.2 Å². The number of alkyl halides is 3. The summed E-state index contributed by atoms with van der Waals surface area (Å²) in [5, 5.41) is 1.58. The van der Waals surface area contributed by atoms with Crippen molar-refractivity contribution >= 4 is 27.9 Å². The van der Waals surface area contributed by atoms with Crippen molar-refractivity contribution in [2.75, 3.05) is 0 Å². The number of rotatable bonds is 1. The second-order valence-corrected chi connectivity index (χ2v) is 3.98. The van der Waals surface area contributed by atoms with Gasteiger partial charge in [0.15, 0.2) is 0 Å². The number of hydrogen-bond donors (Lipinski definition) is 2. The third-order valence-electron chi connectivity index (χ3n) is 1.84. The molecule has 0 aliphatic heterocycles. The summed E-state index contributed by atoms with van der Waals surface area (Å²) in [6.45, 7) is 0. The maximum absolute atomic E-state index is 13.1. The molecule has 4 nitrogen and oxygen atoms in total. The van der Waals surface area contributed by atoms with E-state index in [1.54, 1.807) is 5.32 Å². The van der Waals surface area contributed by atoms with Gasteiger partial charge in [-0.25, -0.2) is 9.18 Å². The Bertz CT molecular complexity index is 516. The van der Waals surface area contributed by atoms with Crippen LogP contribution in [0.4, 0.5) is 22.4 Å². The minimum atomic E-state index is -4.95. The summed E-state index contributed by atoms with van der Waals surface area (Å²) in [4.78, 5) is 21.8. The minimum absolute atomic E-state index is 0.230. The van der Waals surface area contributed by atoms with Crippen molar-refractivity contribution < 1.29 is 27.2 Å². The molecule has 0 heterocycles. The lowest BCUT2D eigenvalue weighted by molar-refractivity contribution is -0.140. The van der Waals surface area contributed by atoms with Crippen molar-refractivity contribution in [1.29, 1.82) is 0 Å². The lowest BCUT2D eigenvalue weighted by Crippen LogP contribution is -2.35. The van der Waals surface area contributed by atoms with Gasteiger partial charge in [0.05, 0.1) is 11.1 Å². The highest BCUT2D eigenvalue weighted by Crippen LogP contribution is 2.34. The molecule has 1 aromatic rings. The highest BCUT2D eigenvalue weighted by molar-refractivity contribution is 9.10. The van der Waals surface area contributed by atoms with Crippen molar-refractivity contribution in [3.8, 4) is 0 Å². The summed E-state index contributed by atoms with van der Waals surface area (Å²) in [6.07, 6.45) is -4.95. The zero-order chi connectivity index (χ0) is 14.1. The SMILES string of the molecule is NC(=O)NC(=O)c1cc(C(F)(F)F)c(F)cc1Br. The van der Waals surface area contributed by atoms with Crippen LogP contribution in [0.15, 0.2) is 16.6 Å². The number of halogens is 5. The molecule has 0 radical (unpaired) electrons. The van der Waals surface area contributed by atoms with Crippen molar-refractivity contribution in [1.82, 2.24) is 5.32 Å². The van der Waals surface area contributed by atoms with Crippen LogP contribution in [0.25, 0.3) is 0 Å². The first-order chi connectivity index (χ1) is 8.12. The molecular formula is C9H5BrF4N2O2. The van der Waals surface area contributed by atoms with Crippen molar-refractivity contribution in [2.24, 2.45) is 5.73 Å². The molecule has 0 aliphatic carbocycles. The number of amides is 3. The normalized spacial score (nSPS) is 11.2. The quantitative estimate of drug-likeness (QED) is 0.777. The molecule has 0 spiro atoms. The third-order valence-corrected chi connectivity index (χ3v) is 2.50. The van der Waals surface area contributed by atoms with E-state index >= 15 is 0 Å². The van der Waals surface area contributed by atoms with Gasteiger partial charge in [-0.1, -0.05) is 0 Å². The van der Waals surface area contributed by atoms with Crippen molar-refractivity contribution in [3.05, 3.63) is 33.5 Å². The first kappa shape index (κ1) is 14.4. The van der Waals surface area contributed by atoms with Crippen LogP contribution in [0.1, 0.15) is 15.9 Å². The van der Waals surface area contributed by atoms with E-state index in [4.69, 9.17) is 0 Å². The molecule has 0 saturated carbocycles. The predicted octanol–water partition coefficient (Wildman–Crippen LogP) is 2.42. The molecule has 98 valence electrons. The molecule has 1 aromatic carbocycles. The first-order valence-electron chi connectivity index (χ1n) is 4.30. The van der Waals surface area contributed by atoms with Gasteiger partial charge < -0.3 is 5.73 Å². The van der Waals surface area contributed by atoms with Gasteiger partial charge in [-0.05, 0) is 28.1 Å².